The first kappa shape index (κ1) is 15.3. The minimum atomic E-state index is -0.0517. The Morgan fingerprint density at radius 2 is 2.05 bits per heavy atom. The maximum absolute atomic E-state index is 12.2. The number of amides is 1. The van der Waals surface area contributed by atoms with Crippen LogP contribution < -0.4 is 5.32 Å². The van der Waals surface area contributed by atoms with E-state index in [-0.39, 0.29) is 5.91 Å². The Morgan fingerprint density at radius 3 is 2.75 bits per heavy atom. The van der Waals surface area contributed by atoms with E-state index in [1.807, 2.05) is 41.1 Å². The van der Waals surface area contributed by atoms with Gasteiger partial charge in [0.15, 0.2) is 0 Å². The predicted octanol–water partition coefficient (Wildman–Crippen LogP) is 4.35. The Balaban J connectivity index is 2.05. The molecule has 0 unspecified atom stereocenters. The molecule has 0 saturated heterocycles. The lowest BCUT2D eigenvalue weighted by Gasteiger charge is -2.09. The Labute approximate surface area is 135 Å². The molecular weight excluding hydrogens is 384 g/mol. The van der Waals surface area contributed by atoms with Crippen LogP contribution in [-0.4, -0.2) is 10.5 Å². The number of nitrogens with zero attached hydrogens (tertiary/aromatic N) is 1. The van der Waals surface area contributed by atoms with Crippen LogP contribution in [0.25, 0.3) is 0 Å². The molecule has 0 fully saturated rings. The van der Waals surface area contributed by atoms with Crippen molar-refractivity contribution in [3.8, 4) is 0 Å². The number of hydrogen-bond acceptors (Lipinski definition) is 1. The molecule has 106 valence electrons. The Kier molecular flexibility index (Phi) is 5.43. The van der Waals surface area contributed by atoms with Crippen molar-refractivity contribution in [1.29, 1.82) is 0 Å². The van der Waals surface area contributed by atoms with Gasteiger partial charge in [-0.05, 0) is 46.1 Å². The lowest BCUT2D eigenvalue weighted by Crippen LogP contribution is -2.25. The highest BCUT2D eigenvalue weighted by Gasteiger charge is 2.12. The number of benzene rings is 1. The third-order valence-corrected chi connectivity index (χ3v) is 3.83. The van der Waals surface area contributed by atoms with Crippen LogP contribution in [0.2, 0.25) is 0 Å². The van der Waals surface area contributed by atoms with Crippen LogP contribution in [-0.2, 0) is 13.1 Å². The van der Waals surface area contributed by atoms with Crippen LogP contribution >= 0.6 is 31.9 Å². The monoisotopic (exact) mass is 398 g/mol. The van der Waals surface area contributed by atoms with E-state index in [9.17, 15) is 4.79 Å². The quantitative estimate of drug-likeness (QED) is 0.796. The van der Waals surface area contributed by atoms with Gasteiger partial charge in [-0.25, -0.2) is 0 Å². The number of rotatable bonds is 5. The van der Waals surface area contributed by atoms with Gasteiger partial charge in [-0.2, -0.15) is 0 Å². The van der Waals surface area contributed by atoms with Crippen molar-refractivity contribution in [2.45, 2.75) is 26.4 Å². The molecule has 3 nitrogen and oxygen atoms in total. The molecular formula is C15H16Br2N2O. The van der Waals surface area contributed by atoms with E-state index in [1.54, 1.807) is 0 Å². The van der Waals surface area contributed by atoms with Crippen molar-refractivity contribution in [1.82, 2.24) is 9.88 Å². The molecule has 5 heteroatoms. The highest BCUT2D eigenvalue weighted by Crippen LogP contribution is 2.16. The highest BCUT2D eigenvalue weighted by atomic mass is 79.9. The van der Waals surface area contributed by atoms with Gasteiger partial charge in [0.05, 0.1) is 0 Å². The molecule has 0 aliphatic heterocycles. The fraction of sp³-hybridized carbons (Fsp3) is 0.267. The van der Waals surface area contributed by atoms with Crippen LogP contribution in [0.4, 0.5) is 0 Å². The lowest BCUT2D eigenvalue weighted by atomic mass is 10.2. The van der Waals surface area contributed by atoms with E-state index >= 15 is 0 Å². The summed E-state index contributed by atoms with van der Waals surface area (Å²) in [5, 5.41) is 2.95. The van der Waals surface area contributed by atoms with E-state index in [0.717, 1.165) is 27.5 Å². The summed E-state index contributed by atoms with van der Waals surface area (Å²) >= 11 is 6.85. The molecule has 1 heterocycles. The molecule has 20 heavy (non-hydrogen) atoms. The molecule has 0 aliphatic rings. The second-order valence-corrected chi connectivity index (χ2v) is 6.38. The molecule has 2 rings (SSSR count). The van der Waals surface area contributed by atoms with Gasteiger partial charge in [-0.3, -0.25) is 4.79 Å². The minimum Gasteiger partial charge on any atom is -0.347 e. The van der Waals surface area contributed by atoms with Crippen molar-refractivity contribution in [3.63, 3.8) is 0 Å². The van der Waals surface area contributed by atoms with Crippen LogP contribution in [0.15, 0.2) is 45.5 Å². The van der Waals surface area contributed by atoms with Crippen LogP contribution in [0.3, 0.4) is 0 Å². The summed E-state index contributed by atoms with van der Waals surface area (Å²) in [5.74, 6) is -0.0517. The molecule has 0 atom stereocenters. The summed E-state index contributed by atoms with van der Waals surface area (Å²) in [6.07, 6.45) is 2.94. The van der Waals surface area contributed by atoms with E-state index in [2.05, 4.69) is 44.1 Å². The third kappa shape index (κ3) is 3.96. The standard InChI is InChI=1S/C15H16Br2N2O/c1-2-6-19-10-13(17)8-14(19)15(20)18-9-11-4-3-5-12(16)7-11/h3-5,7-8,10H,2,6,9H2,1H3,(H,18,20). The van der Waals surface area contributed by atoms with Gasteiger partial charge in [0.25, 0.3) is 5.91 Å². The number of aryl methyl sites for hydroxylation is 1. The second kappa shape index (κ2) is 7.09. The van der Waals surface area contributed by atoms with Crippen molar-refractivity contribution in [2.75, 3.05) is 0 Å². The molecule has 1 aromatic carbocycles. The number of hydrogen-bond donors (Lipinski definition) is 1. The third-order valence-electron chi connectivity index (χ3n) is 2.90. The molecule has 0 bridgehead atoms. The smallest absolute Gasteiger partial charge is 0.268 e. The highest BCUT2D eigenvalue weighted by molar-refractivity contribution is 9.10. The van der Waals surface area contributed by atoms with Crippen molar-refractivity contribution in [2.24, 2.45) is 0 Å². The van der Waals surface area contributed by atoms with Gasteiger partial charge < -0.3 is 9.88 Å². The summed E-state index contributed by atoms with van der Waals surface area (Å²) in [6.45, 7) is 3.45. The molecule has 1 amide bonds. The van der Waals surface area contributed by atoms with Crippen LogP contribution in [0, 0.1) is 0 Å². The number of halogens is 2. The second-order valence-electron chi connectivity index (χ2n) is 4.55. The topological polar surface area (TPSA) is 34.0 Å². The van der Waals surface area contributed by atoms with Crippen LogP contribution in [0.1, 0.15) is 29.4 Å². The lowest BCUT2D eigenvalue weighted by molar-refractivity contribution is 0.0941. The Hall–Kier alpha value is -1.07. The zero-order chi connectivity index (χ0) is 14.5. The summed E-state index contributed by atoms with van der Waals surface area (Å²) in [4.78, 5) is 12.2. The zero-order valence-electron chi connectivity index (χ0n) is 11.2. The van der Waals surface area contributed by atoms with E-state index in [1.165, 1.54) is 0 Å². The van der Waals surface area contributed by atoms with Gasteiger partial charge in [0, 0.05) is 28.2 Å². The largest absolute Gasteiger partial charge is 0.347 e. The fourth-order valence-corrected chi connectivity index (χ4v) is 2.92. The number of carbonyl (C=O) groups excluding carboxylic acids is 1. The van der Waals surface area contributed by atoms with E-state index < -0.39 is 0 Å². The zero-order valence-corrected chi connectivity index (χ0v) is 14.4. The molecule has 1 aromatic heterocycles. The summed E-state index contributed by atoms with van der Waals surface area (Å²) in [5.41, 5.74) is 1.76. The molecule has 0 spiro atoms. The average Bonchev–Trinajstić information content (AvgIpc) is 2.78. The fourth-order valence-electron chi connectivity index (χ4n) is 2.01. The summed E-state index contributed by atoms with van der Waals surface area (Å²) < 4.78 is 3.92. The number of aromatic nitrogens is 1. The van der Waals surface area contributed by atoms with Gasteiger partial charge in [-0.1, -0.05) is 35.0 Å². The average molecular weight is 400 g/mol. The van der Waals surface area contributed by atoms with Crippen molar-refractivity contribution >= 4 is 37.8 Å². The first-order valence-corrected chi connectivity index (χ1v) is 8.07. The first-order valence-electron chi connectivity index (χ1n) is 6.48. The van der Waals surface area contributed by atoms with Gasteiger partial charge in [0.1, 0.15) is 5.69 Å². The number of nitrogens with one attached hydrogen (secondary N) is 1. The summed E-state index contributed by atoms with van der Waals surface area (Å²) in [6, 6.07) is 9.77. The van der Waals surface area contributed by atoms with Crippen molar-refractivity contribution < 1.29 is 4.79 Å². The maximum atomic E-state index is 12.2. The minimum absolute atomic E-state index is 0.0517. The molecule has 2 aromatic rings. The first-order chi connectivity index (χ1) is 9.60. The Bertz CT molecular complexity index is 608. The molecule has 0 aliphatic carbocycles. The normalized spacial score (nSPS) is 10.6. The molecule has 0 radical (unpaired) electrons. The molecule has 0 saturated carbocycles. The van der Waals surface area contributed by atoms with Gasteiger partial charge >= 0.3 is 0 Å². The number of carbonyl (C=O) groups is 1. The van der Waals surface area contributed by atoms with Crippen LogP contribution in [0.5, 0.6) is 0 Å². The van der Waals surface area contributed by atoms with E-state index in [0.29, 0.717) is 12.2 Å². The van der Waals surface area contributed by atoms with Crippen molar-refractivity contribution in [3.05, 3.63) is 56.7 Å². The maximum Gasteiger partial charge on any atom is 0.268 e. The molecule has 1 N–H and O–H groups in total. The van der Waals surface area contributed by atoms with Gasteiger partial charge in [-0.15, -0.1) is 0 Å². The van der Waals surface area contributed by atoms with E-state index in [4.69, 9.17) is 0 Å². The van der Waals surface area contributed by atoms with Gasteiger partial charge in [0.2, 0.25) is 0 Å². The Morgan fingerprint density at radius 1 is 1.25 bits per heavy atom. The summed E-state index contributed by atoms with van der Waals surface area (Å²) in [7, 11) is 0. The predicted molar refractivity (Wildman–Crippen MR) is 87.7 cm³/mol. The SMILES string of the molecule is CCCn1cc(Br)cc1C(=O)NCc1cccc(Br)c1.